The quantitative estimate of drug-likeness (QED) is 0.899. The molecule has 2 aromatic rings. The molecule has 1 atom stereocenters. The van der Waals surface area contributed by atoms with Crippen LogP contribution in [0.4, 0.5) is 11.4 Å². The number of nitrogens with two attached hydrogens (primary N) is 1. The highest BCUT2D eigenvalue weighted by Crippen LogP contribution is 2.40. The van der Waals surface area contributed by atoms with E-state index in [0.717, 1.165) is 29.2 Å². The standard InChI is InChI=1S/C17H19ClN2/c1-12-9-13-5-2-3-8-16(13)20(11-12)17-14(10-19)6-4-7-15(17)18/h2-8,12H,9-11,19H2,1H3. The molecule has 1 aliphatic rings. The van der Waals surface area contributed by atoms with Gasteiger partial charge < -0.3 is 10.6 Å². The minimum Gasteiger partial charge on any atom is -0.340 e. The van der Waals surface area contributed by atoms with Crippen molar-refractivity contribution in [3.63, 3.8) is 0 Å². The van der Waals surface area contributed by atoms with Gasteiger partial charge in [0.25, 0.3) is 0 Å². The maximum absolute atomic E-state index is 6.46. The molecule has 104 valence electrons. The molecule has 0 aliphatic carbocycles. The number of hydrogen-bond acceptors (Lipinski definition) is 2. The summed E-state index contributed by atoms with van der Waals surface area (Å²) in [7, 11) is 0. The van der Waals surface area contributed by atoms with Gasteiger partial charge in [-0.15, -0.1) is 0 Å². The van der Waals surface area contributed by atoms with Crippen LogP contribution in [0, 0.1) is 5.92 Å². The van der Waals surface area contributed by atoms with Gasteiger partial charge in [0.1, 0.15) is 0 Å². The number of halogens is 1. The summed E-state index contributed by atoms with van der Waals surface area (Å²) in [6.07, 6.45) is 1.12. The molecular formula is C17H19ClN2. The molecule has 2 aromatic carbocycles. The van der Waals surface area contributed by atoms with E-state index in [1.54, 1.807) is 0 Å². The number of nitrogens with zero attached hydrogens (tertiary/aromatic N) is 1. The van der Waals surface area contributed by atoms with Crippen molar-refractivity contribution in [3.05, 3.63) is 58.6 Å². The summed E-state index contributed by atoms with van der Waals surface area (Å²) in [5.41, 5.74) is 10.7. The average molecular weight is 287 g/mol. The van der Waals surface area contributed by atoms with Crippen molar-refractivity contribution in [1.82, 2.24) is 0 Å². The van der Waals surface area contributed by atoms with Gasteiger partial charge in [-0.3, -0.25) is 0 Å². The van der Waals surface area contributed by atoms with Crippen LogP contribution in [-0.2, 0) is 13.0 Å². The van der Waals surface area contributed by atoms with E-state index in [0.29, 0.717) is 12.5 Å². The minimum absolute atomic E-state index is 0.503. The van der Waals surface area contributed by atoms with Crippen molar-refractivity contribution in [2.75, 3.05) is 11.4 Å². The van der Waals surface area contributed by atoms with Gasteiger partial charge >= 0.3 is 0 Å². The van der Waals surface area contributed by atoms with E-state index >= 15 is 0 Å². The summed E-state index contributed by atoms with van der Waals surface area (Å²) in [5, 5.41) is 0.775. The van der Waals surface area contributed by atoms with Crippen molar-refractivity contribution in [2.24, 2.45) is 11.7 Å². The fourth-order valence-corrected chi connectivity index (χ4v) is 3.33. The minimum atomic E-state index is 0.503. The lowest BCUT2D eigenvalue weighted by Crippen LogP contribution is -2.31. The van der Waals surface area contributed by atoms with Crippen LogP contribution in [0.5, 0.6) is 0 Å². The van der Waals surface area contributed by atoms with E-state index in [-0.39, 0.29) is 0 Å². The largest absolute Gasteiger partial charge is 0.340 e. The molecule has 0 radical (unpaired) electrons. The second-order valence-corrected chi connectivity index (χ2v) is 5.91. The zero-order chi connectivity index (χ0) is 14.1. The van der Waals surface area contributed by atoms with Crippen LogP contribution in [0.3, 0.4) is 0 Å². The van der Waals surface area contributed by atoms with E-state index in [2.05, 4.69) is 42.2 Å². The lowest BCUT2D eigenvalue weighted by atomic mass is 9.93. The van der Waals surface area contributed by atoms with Crippen LogP contribution in [0.2, 0.25) is 5.02 Å². The Balaban J connectivity index is 2.16. The number of anilines is 2. The van der Waals surface area contributed by atoms with Gasteiger partial charge in [0.05, 0.1) is 10.7 Å². The van der Waals surface area contributed by atoms with Gasteiger partial charge in [-0.2, -0.15) is 0 Å². The molecule has 20 heavy (non-hydrogen) atoms. The van der Waals surface area contributed by atoms with Gasteiger partial charge in [-0.1, -0.05) is 48.9 Å². The monoisotopic (exact) mass is 286 g/mol. The van der Waals surface area contributed by atoms with Crippen molar-refractivity contribution in [1.29, 1.82) is 0 Å². The molecular weight excluding hydrogens is 268 g/mol. The Labute approximate surface area is 125 Å². The van der Waals surface area contributed by atoms with Gasteiger partial charge in [-0.25, -0.2) is 0 Å². The van der Waals surface area contributed by atoms with Crippen LogP contribution in [0.1, 0.15) is 18.1 Å². The maximum Gasteiger partial charge on any atom is 0.0646 e. The van der Waals surface area contributed by atoms with Crippen molar-refractivity contribution < 1.29 is 0 Å². The molecule has 0 spiro atoms. The lowest BCUT2D eigenvalue weighted by molar-refractivity contribution is 0.561. The molecule has 0 aromatic heterocycles. The van der Waals surface area contributed by atoms with E-state index in [4.69, 9.17) is 17.3 Å². The highest BCUT2D eigenvalue weighted by molar-refractivity contribution is 6.33. The Morgan fingerprint density at radius 2 is 2.00 bits per heavy atom. The highest BCUT2D eigenvalue weighted by Gasteiger charge is 2.25. The smallest absolute Gasteiger partial charge is 0.0646 e. The zero-order valence-electron chi connectivity index (χ0n) is 11.6. The van der Waals surface area contributed by atoms with Crippen molar-refractivity contribution >= 4 is 23.0 Å². The zero-order valence-corrected chi connectivity index (χ0v) is 12.4. The first-order valence-electron chi connectivity index (χ1n) is 7.03. The molecule has 0 saturated carbocycles. The third-order valence-electron chi connectivity index (χ3n) is 3.91. The molecule has 0 amide bonds. The first kappa shape index (κ1) is 13.5. The summed E-state index contributed by atoms with van der Waals surface area (Å²) in [6, 6.07) is 14.5. The number of hydrogen-bond donors (Lipinski definition) is 1. The molecule has 2 nitrogen and oxygen atoms in total. The molecule has 1 aliphatic heterocycles. The maximum atomic E-state index is 6.46. The summed E-state index contributed by atoms with van der Waals surface area (Å²) in [4.78, 5) is 2.33. The van der Waals surface area contributed by atoms with Gasteiger partial charge in [0, 0.05) is 18.8 Å². The third kappa shape index (κ3) is 2.30. The Morgan fingerprint density at radius 1 is 1.20 bits per heavy atom. The van der Waals surface area contributed by atoms with Crippen LogP contribution in [0.15, 0.2) is 42.5 Å². The van der Waals surface area contributed by atoms with E-state index in [1.807, 2.05) is 12.1 Å². The number of rotatable bonds is 2. The van der Waals surface area contributed by atoms with Crippen LogP contribution >= 0.6 is 11.6 Å². The molecule has 0 bridgehead atoms. The second-order valence-electron chi connectivity index (χ2n) is 5.50. The van der Waals surface area contributed by atoms with Crippen molar-refractivity contribution in [3.8, 4) is 0 Å². The molecule has 3 heteroatoms. The SMILES string of the molecule is CC1Cc2ccccc2N(c2c(Cl)cccc2CN)C1. The molecule has 0 saturated heterocycles. The first-order valence-corrected chi connectivity index (χ1v) is 7.41. The van der Waals surface area contributed by atoms with Gasteiger partial charge in [0.15, 0.2) is 0 Å². The van der Waals surface area contributed by atoms with Gasteiger partial charge in [0.2, 0.25) is 0 Å². The fraction of sp³-hybridized carbons (Fsp3) is 0.294. The fourth-order valence-electron chi connectivity index (χ4n) is 3.04. The predicted molar refractivity (Wildman–Crippen MR) is 85.7 cm³/mol. The number of para-hydroxylation sites is 2. The van der Waals surface area contributed by atoms with Crippen LogP contribution < -0.4 is 10.6 Å². The summed E-state index contributed by atoms with van der Waals surface area (Å²) < 4.78 is 0. The lowest BCUT2D eigenvalue weighted by Gasteiger charge is -2.36. The van der Waals surface area contributed by atoms with Crippen LogP contribution in [-0.4, -0.2) is 6.54 Å². The van der Waals surface area contributed by atoms with Gasteiger partial charge in [-0.05, 0) is 35.6 Å². The van der Waals surface area contributed by atoms with E-state index in [9.17, 15) is 0 Å². The number of benzene rings is 2. The summed E-state index contributed by atoms with van der Waals surface area (Å²) in [5.74, 6) is 0.604. The predicted octanol–water partition coefficient (Wildman–Crippen LogP) is 4.13. The Kier molecular flexibility index (Phi) is 3.68. The number of fused-ring (bicyclic) bond motifs is 1. The molecule has 2 N–H and O–H groups in total. The van der Waals surface area contributed by atoms with E-state index < -0.39 is 0 Å². The Morgan fingerprint density at radius 3 is 2.80 bits per heavy atom. The first-order chi connectivity index (χ1) is 9.70. The topological polar surface area (TPSA) is 29.3 Å². The molecule has 1 heterocycles. The normalized spacial score (nSPS) is 17.9. The average Bonchev–Trinajstić information content (AvgIpc) is 2.46. The Bertz CT molecular complexity index is 624. The second kappa shape index (κ2) is 5.47. The third-order valence-corrected chi connectivity index (χ3v) is 4.21. The summed E-state index contributed by atoms with van der Waals surface area (Å²) >= 11 is 6.46. The van der Waals surface area contributed by atoms with Crippen LogP contribution in [0.25, 0.3) is 0 Å². The molecule has 3 rings (SSSR count). The van der Waals surface area contributed by atoms with E-state index in [1.165, 1.54) is 11.3 Å². The molecule has 1 unspecified atom stereocenters. The molecule has 0 fully saturated rings. The summed E-state index contributed by atoms with van der Waals surface area (Å²) in [6.45, 7) is 3.76. The van der Waals surface area contributed by atoms with Crippen molar-refractivity contribution in [2.45, 2.75) is 19.9 Å². The Hall–Kier alpha value is -1.51. The highest BCUT2D eigenvalue weighted by atomic mass is 35.5.